The highest BCUT2D eigenvalue weighted by Gasteiger charge is 2.17. The van der Waals surface area contributed by atoms with Crippen LogP contribution in [0.15, 0.2) is 36.4 Å². The molecular weight excluding hydrogens is 320 g/mol. The van der Waals surface area contributed by atoms with E-state index in [1.807, 2.05) is 12.1 Å². The van der Waals surface area contributed by atoms with Crippen LogP contribution in [0.4, 0.5) is 0 Å². The number of nitrogens with two attached hydrogens (primary N) is 1. The average molecular weight is 344 g/mol. The highest BCUT2D eigenvalue weighted by atomic mass is 32.1. The van der Waals surface area contributed by atoms with Crippen LogP contribution in [0.25, 0.3) is 0 Å². The van der Waals surface area contributed by atoms with Gasteiger partial charge in [-0.1, -0.05) is 42.7 Å². The molecule has 1 aliphatic rings. The zero-order valence-corrected chi connectivity index (χ0v) is 14.8. The summed E-state index contributed by atoms with van der Waals surface area (Å²) in [5.41, 5.74) is 6.55. The number of benzene rings is 1. The van der Waals surface area contributed by atoms with Crippen LogP contribution in [0.3, 0.4) is 0 Å². The van der Waals surface area contributed by atoms with Crippen molar-refractivity contribution in [3.8, 4) is 10.8 Å². The monoisotopic (exact) mass is 344 g/mol. The van der Waals surface area contributed by atoms with E-state index < -0.39 is 5.91 Å². The van der Waals surface area contributed by atoms with Crippen LogP contribution < -0.4 is 10.5 Å². The standard InChI is InChI=1S/C19H24N2O2S/c1-21(15-5-3-2-4-6-15)13-14-7-9-16(10-8-14)23-18-12-11-17(24-18)19(20)22/h7-12,15H,2-6,13H2,1H3,(H2,20,22). The van der Waals surface area contributed by atoms with Gasteiger partial charge in [-0.3, -0.25) is 9.69 Å². The lowest BCUT2D eigenvalue weighted by atomic mass is 9.94. The molecule has 1 heterocycles. The van der Waals surface area contributed by atoms with Crippen molar-refractivity contribution in [2.45, 2.75) is 44.7 Å². The van der Waals surface area contributed by atoms with Gasteiger partial charge in [0.15, 0.2) is 5.06 Å². The van der Waals surface area contributed by atoms with Gasteiger partial charge in [0.05, 0.1) is 4.88 Å². The van der Waals surface area contributed by atoms with Gasteiger partial charge in [0.1, 0.15) is 5.75 Å². The first kappa shape index (κ1) is 17.0. The molecule has 0 radical (unpaired) electrons. The summed E-state index contributed by atoms with van der Waals surface area (Å²) in [6, 6.07) is 12.4. The summed E-state index contributed by atoms with van der Waals surface area (Å²) < 4.78 is 5.78. The Morgan fingerprint density at radius 1 is 1.17 bits per heavy atom. The Labute approximate surface area is 147 Å². The minimum Gasteiger partial charge on any atom is -0.447 e. The molecule has 128 valence electrons. The van der Waals surface area contributed by atoms with E-state index in [1.54, 1.807) is 12.1 Å². The zero-order valence-electron chi connectivity index (χ0n) is 14.0. The molecule has 0 saturated heterocycles. The van der Waals surface area contributed by atoms with Crippen molar-refractivity contribution in [1.82, 2.24) is 4.90 Å². The molecule has 0 aliphatic heterocycles. The van der Waals surface area contributed by atoms with Gasteiger partial charge >= 0.3 is 0 Å². The number of rotatable bonds is 6. The first-order valence-electron chi connectivity index (χ1n) is 8.48. The van der Waals surface area contributed by atoms with Gasteiger partial charge in [-0.05, 0) is 49.7 Å². The van der Waals surface area contributed by atoms with Crippen LogP contribution in [0.5, 0.6) is 10.8 Å². The predicted octanol–water partition coefficient (Wildman–Crippen LogP) is 4.40. The second-order valence-electron chi connectivity index (χ2n) is 6.44. The fourth-order valence-corrected chi connectivity index (χ4v) is 3.95. The molecule has 5 heteroatoms. The van der Waals surface area contributed by atoms with E-state index in [0.29, 0.717) is 16.0 Å². The molecule has 1 amide bonds. The highest BCUT2D eigenvalue weighted by Crippen LogP contribution is 2.29. The maximum absolute atomic E-state index is 11.1. The predicted molar refractivity (Wildman–Crippen MR) is 97.7 cm³/mol. The third kappa shape index (κ3) is 4.36. The van der Waals surface area contributed by atoms with E-state index >= 15 is 0 Å². The third-order valence-electron chi connectivity index (χ3n) is 4.60. The van der Waals surface area contributed by atoms with Gasteiger partial charge in [-0.25, -0.2) is 0 Å². The van der Waals surface area contributed by atoms with E-state index in [1.165, 1.54) is 49.0 Å². The second-order valence-corrected chi connectivity index (χ2v) is 7.48. The molecule has 0 atom stereocenters. The lowest BCUT2D eigenvalue weighted by Gasteiger charge is -2.31. The van der Waals surface area contributed by atoms with Crippen molar-refractivity contribution in [3.05, 3.63) is 46.8 Å². The van der Waals surface area contributed by atoms with Gasteiger partial charge < -0.3 is 10.5 Å². The Morgan fingerprint density at radius 2 is 1.88 bits per heavy atom. The molecule has 24 heavy (non-hydrogen) atoms. The smallest absolute Gasteiger partial charge is 0.258 e. The number of primary amides is 1. The Balaban J connectivity index is 1.57. The van der Waals surface area contributed by atoms with E-state index in [2.05, 4.69) is 24.1 Å². The fraction of sp³-hybridized carbons (Fsp3) is 0.421. The highest BCUT2D eigenvalue weighted by molar-refractivity contribution is 7.15. The van der Waals surface area contributed by atoms with Crippen molar-refractivity contribution < 1.29 is 9.53 Å². The number of ether oxygens (including phenoxy) is 1. The Kier molecular flexibility index (Phi) is 5.53. The van der Waals surface area contributed by atoms with Crippen LogP contribution >= 0.6 is 11.3 Å². The number of hydrogen-bond acceptors (Lipinski definition) is 4. The molecule has 2 N–H and O–H groups in total. The second kappa shape index (κ2) is 7.81. The van der Waals surface area contributed by atoms with E-state index in [-0.39, 0.29) is 0 Å². The number of hydrogen-bond donors (Lipinski definition) is 1. The maximum Gasteiger partial charge on any atom is 0.258 e. The van der Waals surface area contributed by atoms with Gasteiger partial charge in [-0.15, -0.1) is 0 Å². The molecule has 1 aromatic carbocycles. The number of carbonyl (C=O) groups excluding carboxylic acids is 1. The van der Waals surface area contributed by atoms with Crippen molar-refractivity contribution in [2.24, 2.45) is 5.73 Å². The summed E-state index contributed by atoms with van der Waals surface area (Å²) in [5.74, 6) is 0.355. The van der Waals surface area contributed by atoms with Crippen molar-refractivity contribution >= 4 is 17.2 Å². The first-order chi connectivity index (χ1) is 11.6. The molecule has 1 aromatic heterocycles. The lowest BCUT2D eigenvalue weighted by molar-refractivity contribution is 0.100. The van der Waals surface area contributed by atoms with Crippen molar-refractivity contribution in [2.75, 3.05) is 7.05 Å². The molecule has 1 fully saturated rings. The van der Waals surface area contributed by atoms with Gasteiger partial charge in [0.2, 0.25) is 0 Å². The summed E-state index contributed by atoms with van der Waals surface area (Å²) in [6.45, 7) is 0.968. The number of thiophene rings is 1. The summed E-state index contributed by atoms with van der Waals surface area (Å²) in [6.07, 6.45) is 6.73. The molecule has 2 aromatic rings. The molecule has 4 nitrogen and oxygen atoms in total. The third-order valence-corrected chi connectivity index (χ3v) is 5.57. The first-order valence-corrected chi connectivity index (χ1v) is 9.30. The van der Waals surface area contributed by atoms with Gasteiger partial charge in [0.25, 0.3) is 5.91 Å². The van der Waals surface area contributed by atoms with E-state index in [9.17, 15) is 4.79 Å². The molecule has 1 aliphatic carbocycles. The molecular formula is C19H24N2O2S. The van der Waals surface area contributed by atoms with E-state index in [0.717, 1.165) is 12.3 Å². The number of amides is 1. The SMILES string of the molecule is CN(Cc1ccc(Oc2ccc(C(N)=O)s2)cc1)C1CCCCC1. The van der Waals surface area contributed by atoms with Crippen LogP contribution in [0.2, 0.25) is 0 Å². The number of nitrogens with zero attached hydrogens (tertiary/aromatic N) is 1. The van der Waals surface area contributed by atoms with Crippen molar-refractivity contribution in [3.63, 3.8) is 0 Å². The zero-order chi connectivity index (χ0) is 16.9. The molecule has 1 saturated carbocycles. The maximum atomic E-state index is 11.1. The summed E-state index contributed by atoms with van der Waals surface area (Å²) in [5, 5.41) is 0.677. The van der Waals surface area contributed by atoms with Crippen LogP contribution in [-0.4, -0.2) is 23.9 Å². The van der Waals surface area contributed by atoms with Crippen LogP contribution in [0, 0.1) is 0 Å². The quantitative estimate of drug-likeness (QED) is 0.845. The Hall–Kier alpha value is -1.85. The summed E-state index contributed by atoms with van der Waals surface area (Å²) in [4.78, 5) is 14.1. The Morgan fingerprint density at radius 3 is 2.50 bits per heavy atom. The van der Waals surface area contributed by atoms with Gasteiger partial charge in [-0.2, -0.15) is 0 Å². The topological polar surface area (TPSA) is 55.6 Å². The van der Waals surface area contributed by atoms with Crippen LogP contribution in [-0.2, 0) is 6.54 Å². The molecule has 0 spiro atoms. The molecule has 0 bridgehead atoms. The average Bonchev–Trinajstić information content (AvgIpc) is 3.06. The number of carbonyl (C=O) groups is 1. The summed E-state index contributed by atoms with van der Waals surface area (Å²) in [7, 11) is 2.22. The fourth-order valence-electron chi connectivity index (χ4n) is 3.23. The van der Waals surface area contributed by atoms with Gasteiger partial charge in [0, 0.05) is 12.6 Å². The minimum absolute atomic E-state index is 0.420. The minimum atomic E-state index is -0.420. The Bertz CT molecular complexity index is 675. The van der Waals surface area contributed by atoms with Crippen molar-refractivity contribution in [1.29, 1.82) is 0 Å². The molecule has 0 unspecified atom stereocenters. The summed E-state index contributed by atoms with van der Waals surface area (Å²) >= 11 is 1.26. The largest absolute Gasteiger partial charge is 0.447 e. The molecule has 3 rings (SSSR count). The lowest BCUT2D eigenvalue weighted by Crippen LogP contribution is -2.32. The van der Waals surface area contributed by atoms with E-state index in [4.69, 9.17) is 10.5 Å². The van der Waals surface area contributed by atoms with Crippen LogP contribution in [0.1, 0.15) is 47.3 Å². The normalized spacial score (nSPS) is 15.6.